The number of β-amino-alcohol motifs (C(OH)–C–C–N with tert-alkyl or cyclic N) is 1. The van der Waals surface area contributed by atoms with Gasteiger partial charge >= 0.3 is 12.1 Å². The number of carbonyl (C=O) groups excluding carboxylic acids is 1. The van der Waals surface area contributed by atoms with E-state index in [9.17, 15) is 28.2 Å². The van der Waals surface area contributed by atoms with E-state index in [0.29, 0.717) is 24.8 Å². The van der Waals surface area contributed by atoms with E-state index in [1.807, 2.05) is 17.0 Å². The number of phenolic OH excluding ortho intramolecular Hbond substituents is 1. The Balaban J connectivity index is 0.000000532. The highest BCUT2D eigenvalue weighted by Crippen LogP contribution is 2.33. The number of aliphatic hydroxyl groups excluding tert-OH is 1. The molecule has 4 rings (SSSR count). The number of nitrogens with one attached hydrogen (secondary N) is 2. The Bertz CT molecular complexity index is 1130. The van der Waals surface area contributed by atoms with Crippen molar-refractivity contribution >= 4 is 34.9 Å². The van der Waals surface area contributed by atoms with Crippen LogP contribution < -0.4 is 15.5 Å². The average Bonchev–Trinajstić information content (AvgIpc) is 3.22. The van der Waals surface area contributed by atoms with Gasteiger partial charge in [-0.1, -0.05) is 23.7 Å². The number of benzene rings is 2. The molecule has 0 aromatic heterocycles. The zero-order valence-corrected chi connectivity index (χ0v) is 22.0. The summed E-state index contributed by atoms with van der Waals surface area (Å²) in [7, 11) is 0. The second kappa shape index (κ2) is 13.3. The van der Waals surface area contributed by atoms with E-state index in [1.165, 1.54) is 12.5 Å². The molecular formula is C26H32ClF3N4O5. The van der Waals surface area contributed by atoms with Crippen molar-refractivity contribution in [1.82, 2.24) is 10.2 Å². The first-order valence-electron chi connectivity index (χ1n) is 12.4. The van der Waals surface area contributed by atoms with E-state index >= 15 is 0 Å². The number of hydrogen-bond donors (Lipinski definition) is 5. The third-order valence-electron chi connectivity index (χ3n) is 6.52. The normalized spacial score (nSPS) is 20.3. The van der Waals surface area contributed by atoms with Gasteiger partial charge in [0.05, 0.1) is 23.5 Å². The lowest BCUT2D eigenvalue weighted by atomic mass is 10.0. The Kier molecular flexibility index (Phi) is 10.4. The Labute approximate surface area is 229 Å². The fourth-order valence-electron chi connectivity index (χ4n) is 4.63. The minimum Gasteiger partial charge on any atom is -0.508 e. The number of likely N-dealkylation sites (tertiary alicyclic amines) is 1. The van der Waals surface area contributed by atoms with Crippen LogP contribution in [0.4, 0.5) is 24.5 Å². The molecule has 2 heterocycles. The summed E-state index contributed by atoms with van der Waals surface area (Å²) in [6.45, 7) is 5.45. The summed E-state index contributed by atoms with van der Waals surface area (Å²) in [6, 6.07) is 13.2. The van der Waals surface area contributed by atoms with Gasteiger partial charge in [-0.2, -0.15) is 13.2 Å². The molecular weight excluding hydrogens is 541 g/mol. The van der Waals surface area contributed by atoms with E-state index < -0.39 is 18.2 Å². The van der Waals surface area contributed by atoms with Crippen LogP contribution >= 0.6 is 11.6 Å². The number of anilines is 2. The van der Waals surface area contributed by atoms with Crippen molar-refractivity contribution in [3.63, 3.8) is 0 Å². The Morgan fingerprint density at radius 1 is 1.08 bits per heavy atom. The lowest BCUT2D eigenvalue weighted by molar-refractivity contribution is -0.192. The van der Waals surface area contributed by atoms with Crippen molar-refractivity contribution in [1.29, 1.82) is 0 Å². The van der Waals surface area contributed by atoms with Crippen molar-refractivity contribution in [3.8, 4) is 5.75 Å². The van der Waals surface area contributed by atoms with Crippen LogP contribution in [0.3, 0.4) is 0 Å². The van der Waals surface area contributed by atoms with Crippen molar-refractivity contribution < 1.29 is 38.1 Å². The molecule has 2 aliphatic rings. The standard InChI is InChI=1S/C24H31ClN4O3.C2HF3O2/c1-16(30)26-21-7-6-20(31)12-23(21)29-14-22(24(32)15-29)27-19-8-10-28(11-9-19)13-17-2-4-18(25)5-3-17;3-2(4,5)1(6)7/h2-7,12,19,22,24,27,31-32H,8-11,13-15H2,1H3,(H,26,30);(H,6,7)/t22?,24-;/m1./s1. The summed E-state index contributed by atoms with van der Waals surface area (Å²) < 4.78 is 31.7. The van der Waals surface area contributed by atoms with Gasteiger partial charge in [-0.3, -0.25) is 9.69 Å². The fourth-order valence-corrected chi connectivity index (χ4v) is 4.76. The summed E-state index contributed by atoms with van der Waals surface area (Å²) in [5.41, 5.74) is 2.63. The quantitative estimate of drug-likeness (QED) is 0.333. The van der Waals surface area contributed by atoms with Crippen LogP contribution in [0.15, 0.2) is 42.5 Å². The number of hydrogen-bond acceptors (Lipinski definition) is 7. The van der Waals surface area contributed by atoms with E-state index in [1.54, 1.807) is 18.2 Å². The number of carboxylic acid groups (broad SMARTS) is 1. The Hall–Kier alpha value is -3.06. The van der Waals surface area contributed by atoms with Gasteiger partial charge in [-0.15, -0.1) is 0 Å². The zero-order chi connectivity index (χ0) is 28.7. The second-order valence-electron chi connectivity index (χ2n) is 9.61. The first-order valence-corrected chi connectivity index (χ1v) is 12.8. The summed E-state index contributed by atoms with van der Waals surface area (Å²) in [4.78, 5) is 24.9. The molecule has 5 N–H and O–H groups in total. The molecule has 0 bridgehead atoms. The molecule has 2 fully saturated rings. The van der Waals surface area contributed by atoms with E-state index in [2.05, 4.69) is 27.7 Å². The van der Waals surface area contributed by atoms with Gasteiger partial charge in [0, 0.05) is 43.7 Å². The number of phenols is 1. The molecule has 2 aromatic carbocycles. The topological polar surface area (TPSA) is 125 Å². The van der Waals surface area contributed by atoms with Crippen LogP contribution in [-0.2, 0) is 16.1 Å². The van der Waals surface area contributed by atoms with Gasteiger partial charge in [0.2, 0.25) is 5.91 Å². The zero-order valence-electron chi connectivity index (χ0n) is 21.3. The number of aliphatic carboxylic acids is 1. The highest BCUT2D eigenvalue weighted by molar-refractivity contribution is 6.30. The van der Waals surface area contributed by atoms with Crippen LogP contribution in [-0.4, -0.2) is 82.6 Å². The molecule has 1 amide bonds. The van der Waals surface area contributed by atoms with Crippen molar-refractivity contribution in [2.75, 3.05) is 36.4 Å². The van der Waals surface area contributed by atoms with Crippen LogP contribution in [0, 0.1) is 0 Å². The number of alkyl halides is 3. The van der Waals surface area contributed by atoms with Crippen LogP contribution in [0.2, 0.25) is 5.02 Å². The highest BCUT2D eigenvalue weighted by atomic mass is 35.5. The van der Waals surface area contributed by atoms with Crippen LogP contribution in [0.5, 0.6) is 5.75 Å². The molecule has 0 saturated carbocycles. The number of amides is 1. The van der Waals surface area contributed by atoms with Crippen molar-refractivity contribution in [2.24, 2.45) is 0 Å². The SMILES string of the molecule is CC(=O)Nc1ccc(O)cc1N1CC(NC2CCN(Cc3ccc(Cl)cc3)CC2)[C@H](O)C1.O=C(O)C(F)(F)F. The third-order valence-corrected chi connectivity index (χ3v) is 6.77. The maximum atomic E-state index is 11.5. The lowest BCUT2D eigenvalue weighted by Crippen LogP contribution is -2.49. The van der Waals surface area contributed by atoms with Gasteiger partial charge in [0.25, 0.3) is 0 Å². The maximum absolute atomic E-state index is 11.5. The first-order chi connectivity index (χ1) is 18.3. The number of halogens is 4. The number of rotatable bonds is 6. The number of carboxylic acids is 1. The summed E-state index contributed by atoms with van der Waals surface area (Å²) in [5.74, 6) is -2.79. The monoisotopic (exact) mass is 572 g/mol. The number of piperidine rings is 1. The number of carbonyl (C=O) groups is 2. The van der Waals surface area contributed by atoms with E-state index in [4.69, 9.17) is 21.5 Å². The van der Waals surface area contributed by atoms with Crippen LogP contribution in [0.25, 0.3) is 0 Å². The van der Waals surface area contributed by atoms with Crippen LogP contribution in [0.1, 0.15) is 25.3 Å². The average molecular weight is 573 g/mol. The fraction of sp³-hybridized carbons (Fsp3) is 0.462. The molecule has 0 aliphatic carbocycles. The van der Waals surface area contributed by atoms with E-state index in [-0.39, 0.29) is 17.7 Å². The number of aromatic hydroxyl groups is 1. The Morgan fingerprint density at radius 3 is 2.26 bits per heavy atom. The third kappa shape index (κ3) is 9.27. The van der Waals surface area contributed by atoms with Crippen molar-refractivity contribution in [3.05, 3.63) is 53.1 Å². The van der Waals surface area contributed by atoms with Crippen molar-refractivity contribution in [2.45, 2.75) is 50.7 Å². The molecule has 2 aliphatic heterocycles. The van der Waals surface area contributed by atoms with E-state index in [0.717, 1.165) is 43.2 Å². The summed E-state index contributed by atoms with van der Waals surface area (Å²) in [6.07, 6.45) is -3.55. The predicted molar refractivity (Wildman–Crippen MR) is 141 cm³/mol. The molecule has 2 saturated heterocycles. The van der Waals surface area contributed by atoms with Gasteiger partial charge in [-0.25, -0.2) is 4.79 Å². The molecule has 214 valence electrons. The lowest BCUT2D eigenvalue weighted by Gasteiger charge is -2.34. The predicted octanol–water partition coefficient (Wildman–Crippen LogP) is 3.44. The molecule has 0 radical (unpaired) electrons. The van der Waals surface area contributed by atoms with Gasteiger partial charge in [0.15, 0.2) is 0 Å². The highest BCUT2D eigenvalue weighted by Gasteiger charge is 2.38. The summed E-state index contributed by atoms with van der Waals surface area (Å²) >= 11 is 5.98. The smallest absolute Gasteiger partial charge is 0.490 e. The minimum atomic E-state index is -5.08. The maximum Gasteiger partial charge on any atom is 0.490 e. The molecule has 0 spiro atoms. The summed E-state index contributed by atoms with van der Waals surface area (Å²) in [5, 5.41) is 35.0. The van der Waals surface area contributed by atoms with Gasteiger partial charge in [0.1, 0.15) is 5.75 Å². The largest absolute Gasteiger partial charge is 0.508 e. The molecule has 39 heavy (non-hydrogen) atoms. The molecule has 2 aromatic rings. The van der Waals surface area contributed by atoms with Gasteiger partial charge < -0.3 is 30.9 Å². The van der Waals surface area contributed by atoms with Gasteiger partial charge in [-0.05, 0) is 55.8 Å². The first kappa shape index (κ1) is 30.5. The second-order valence-corrected chi connectivity index (χ2v) is 10.0. The number of nitrogens with zero attached hydrogens (tertiary/aromatic N) is 2. The molecule has 9 nitrogen and oxygen atoms in total. The number of aliphatic hydroxyl groups is 1. The minimum absolute atomic E-state index is 0.0599. The molecule has 2 atom stereocenters. The molecule has 13 heteroatoms. The molecule has 1 unspecified atom stereocenters. The Morgan fingerprint density at radius 2 is 1.69 bits per heavy atom.